The Labute approximate surface area is 210 Å². The minimum Gasteiger partial charge on any atom is -0.498 e. The Morgan fingerprint density at radius 1 is 1.20 bits per heavy atom. The Kier molecular flexibility index (Phi) is 9.49. The van der Waals surface area contributed by atoms with Gasteiger partial charge in [0.25, 0.3) is 0 Å². The van der Waals surface area contributed by atoms with Crippen LogP contribution in [0.5, 0.6) is 0 Å². The highest BCUT2D eigenvalue weighted by Gasteiger charge is 2.49. The van der Waals surface area contributed by atoms with Crippen LogP contribution in [0.2, 0.25) is 0 Å². The summed E-state index contributed by atoms with van der Waals surface area (Å²) in [6, 6.07) is -0.274. The zero-order valence-electron chi connectivity index (χ0n) is 20.4. The van der Waals surface area contributed by atoms with Crippen LogP contribution in [0.4, 0.5) is 13.2 Å². The number of aliphatic carboxylic acids is 1. The fourth-order valence-electron chi connectivity index (χ4n) is 6.07. The van der Waals surface area contributed by atoms with E-state index in [9.17, 15) is 23.1 Å². The van der Waals surface area contributed by atoms with Crippen molar-refractivity contribution in [1.29, 1.82) is 0 Å². The number of carboxylic acids is 1. The standard InChI is InChI=1S/C26H39F3N2O3S/c27-26(28,29)23-14-20(31-12-11-30-19(16-31)13-25(32)33)9-10-24(23)35-22-8-4-7-21(15-22)34-17-18-5-2-1-3-6-18/h8,15,18-20,23-24,30H,1-7,9-14,16-17H2,(H,32,33)/p+1. The number of carboxylic acid groups (broad SMARTS) is 1. The average molecular weight is 518 g/mol. The van der Waals surface area contributed by atoms with Gasteiger partial charge >= 0.3 is 12.1 Å². The monoisotopic (exact) mass is 517 g/mol. The molecule has 3 aliphatic carbocycles. The zero-order valence-corrected chi connectivity index (χ0v) is 21.3. The highest BCUT2D eigenvalue weighted by atomic mass is 32.2. The van der Waals surface area contributed by atoms with Crippen molar-refractivity contribution in [3.8, 4) is 0 Å². The predicted molar refractivity (Wildman–Crippen MR) is 134 cm³/mol. The van der Waals surface area contributed by atoms with Gasteiger partial charge in [0.1, 0.15) is 6.42 Å². The number of alkyl halides is 3. The molecule has 4 unspecified atom stereocenters. The smallest absolute Gasteiger partial charge is 0.482 e. The maximum atomic E-state index is 14.2. The molecule has 3 fully saturated rings. The Morgan fingerprint density at radius 3 is 2.74 bits per heavy atom. The number of hydrogen-bond donors (Lipinski definition) is 2. The summed E-state index contributed by atoms with van der Waals surface area (Å²) >= 11 is 1.38. The molecule has 0 aromatic carbocycles. The van der Waals surface area contributed by atoms with Crippen molar-refractivity contribution in [3.63, 3.8) is 0 Å². The maximum Gasteiger partial charge on any atom is 0.482 e. The summed E-state index contributed by atoms with van der Waals surface area (Å²) in [7, 11) is 0. The summed E-state index contributed by atoms with van der Waals surface area (Å²) in [5.41, 5.74) is 0. The van der Waals surface area contributed by atoms with Gasteiger partial charge in [-0.3, -0.25) is 4.90 Å². The SMILES string of the molecule is OC(=[OH+])CC1CN(C2CCC(SC3=CCCC(OCC4CCCCC4)=C3)C(C(F)(F)F)C2)CCN1. The van der Waals surface area contributed by atoms with Crippen LogP contribution >= 0.6 is 11.8 Å². The molecule has 9 heteroatoms. The molecule has 198 valence electrons. The molecule has 0 aromatic rings. The van der Waals surface area contributed by atoms with E-state index in [1.165, 1.54) is 43.9 Å². The second-order valence-electron chi connectivity index (χ2n) is 10.6. The molecule has 1 heterocycles. The second-order valence-corrected chi connectivity index (χ2v) is 11.9. The van der Waals surface area contributed by atoms with Gasteiger partial charge in [-0.05, 0) is 50.5 Å². The third kappa shape index (κ3) is 7.89. The van der Waals surface area contributed by atoms with Crippen molar-refractivity contribution in [2.75, 3.05) is 26.2 Å². The molecule has 0 aromatic heterocycles. The van der Waals surface area contributed by atoms with Crippen molar-refractivity contribution in [2.24, 2.45) is 11.8 Å². The van der Waals surface area contributed by atoms with Crippen molar-refractivity contribution >= 4 is 17.7 Å². The quantitative estimate of drug-likeness (QED) is 0.404. The average Bonchev–Trinajstić information content (AvgIpc) is 2.83. The minimum atomic E-state index is -4.24. The van der Waals surface area contributed by atoms with Crippen LogP contribution in [-0.4, -0.2) is 70.5 Å². The molecular formula is C26H40F3N2O3S+. The molecular weight excluding hydrogens is 477 g/mol. The topological polar surface area (TPSA) is 66.1 Å². The number of aliphatic hydroxyl groups excluding tert-OH is 1. The minimum absolute atomic E-state index is 0.102. The summed E-state index contributed by atoms with van der Waals surface area (Å²) < 4.78 is 48.6. The maximum absolute atomic E-state index is 14.2. The molecule has 0 amide bonds. The Bertz CT molecular complexity index is 782. The van der Waals surface area contributed by atoms with Gasteiger partial charge in [0.15, 0.2) is 0 Å². The molecule has 35 heavy (non-hydrogen) atoms. The lowest BCUT2D eigenvalue weighted by Gasteiger charge is -2.44. The van der Waals surface area contributed by atoms with Crippen LogP contribution in [0.1, 0.15) is 70.6 Å². The number of nitrogens with zero attached hydrogens (tertiary/aromatic N) is 1. The fourth-order valence-corrected chi connectivity index (χ4v) is 7.52. The fraction of sp³-hybridized carbons (Fsp3) is 0.808. The molecule has 0 bridgehead atoms. The molecule has 4 rings (SSSR count). The van der Waals surface area contributed by atoms with Gasteiger partial charge in [-0.15, -0.1) is 11.8 Å². The summed E-state index contributed by atoms with van der Waals surface area (Å²) in [4.78, 5) is 12.2. The number of hydrogen-bond acceptors (Lipinski definition) is 4. The van der Waals surface area contributed by atoms with E-state index in [1.54, 1.807) is 0 Å². The number of nitrogens with one attached hydrogen (secondary N) is 1. The summed E-state index contributed by atoms with van der Waals surface area (Å²) in [6.45, 7) is 2.60. The summed E-state index contributed by atoms with van der Waals surface area (Å²) in [5, 5.41) is 11.9. The van der Waals surface area contributed by atoms with E-state index in [0.29, 0.717) is 32.0 Å². The van der Waals surface area contributed by atoms with Crippen LogP contribution in [0.3, 0.4) is 0 Å². The van der Waals surface area contributed by atoms with Crippen molar-refractivity contribution in [3.05, 3.63) is 22.8 Å². The van der Waals surface area contributed by atoms with Gasteiger partial charge in [-0.25, -0.2) is 0 Å². The zero-order chi connectivity index (χ0) is 24.8. The molecule has 4 atom stereocenters. The molecule has 4 aliphatic rings. The molecule has 0 spiro atoms. The highest BCUT2D eigenvalue weighted by molar-refractivity contribution is 8.03. The van der Waals surface area contributed by atoms with E-state index in [4.69, 9.17) is 4.74 Å². The normalized spacial score (nSPS) is 31.5. The Balaban J connectivity index is 1.34. The van der Waals surface area contributed by atoms with Gasteiger partial charge < -0.3 is 20.0 Å². The molecule has 5 nitrogen and oxygen atoms in total. The van der Waals surface area contributed by atoms with E-state index >= 15 is 0 Å². The van der Waals surface area contributed by atoms with Crippen molar-refractivity contribution < 1.29 is 27.8 Å². The van der Waals surface area contributed by atoms with Crippen LogP contribution < -0.4 is 5.32 Å². The van der Waals surface area contributed by atoms with E-state index in [-0.39, 0.29) is 24.9 Å². The number of ether oxygens (including phenoxy) is 1. The lowest BCUT2D eigenvalue weighted by Crippen LogP contribution is -2.56. The number of piperazine rings is 1. The first-order chi connectivity index (χ1) is 16.8. The number of thioether (sulfide) groups is 1. The molecule has 2 saturated carbocycles. The first-order valence-corrected chi connectivity index (χ1v) is 14.1. The van der Waals surface area contributed by atoms with Gasteiger partial charge in [-0.1, -0.05) is 25.3 Å². The number of allylic oxidation sites excluding steroid dienone is 3. The third-order valence-electron chi connectivity index (χ3n) is 7.97. The largest absolute Gasteiger partial charge is 0.498 e. The van der Waals surface area contributed by atoms with Crippen LogP contribution in [0.25, 0.3) is 0 Å². The van der Waals surface area contributed by atoms with E-state index in [2.05, 4.69) is 16.3 Å². The Hall–Kier alpha value is -1.19. The van der Waals surface area contributed by atoms with Crippen LogP contribution in [-0.2, 0) is 4.74 Å². The number of halogens is 3. The first-order valence-electron chi connectivity index (χ1n) is 13.3. The highest BCUT2D eigenvalue weighted by Crippen LogP contribution is 2.47. The van der Waals surface area contributed by atoms with Crippen LogP contribution in [0.15, 0.2) is 22.8 Å². The van der Waals surface area contributed by atoms with Crippen molar-refractivity contribution in [2.45, 2.75) is 94.1 Å². The summed E-state index contributed by atoms with van der Waals surface area (Å²) in [5.74, 6) is -0.442. The Morgan fingerprint density at radius 2 is 2.00 bits per heavy atom. The predicted octanol–water partition coefficient (Wildman–Crippen LogP) is 5.70. The molecule has 1 saturated heterocycles. The lowest BCUT2D eigenvalue weighted by molar-refractivity contribution is -0.184. The molecule has 3 N–H and O–H groups in total. The summed E-state index contributed by atoms with van der Waals surface area (Å²) in [6.07, 6.45) is 9.21. The lowest BCUT2D eigenvalue weighted by atomic mass is 9.83. The van der Waals surface area contributed by atoms with Gasteiger partial charge in [0.05, 0.1) is 18.3 Å². The second kappa shape index (κ2) is 12.4. The number of rotatable bonds is 8. The van der Waals surface area contributed by atoms with E-state index in [0.717, 1.165) is 36.5 Å². The molecule has 1 aliphatic heterocycles. The van der Waals surface area contributed by atoms with Crippen molar-refractivity contribution in [1.82, 2.24) is 10.2 Å². The molecule has 0 radical (unpaired) electrons. The third-order valence-corrected chi connectivity index (χ3v) is 9.39. The van der Waals surface area contributed by atoms with Crippen LogP contribution in [0, 0.1) is 11.8 Å². The first kappa shape index (κ1) is 26.9. The van der Waals surface area contributed by atoms with Gasteiger partial charge in [0, 0.05) is 48.3 Å². The van der Waals surface area contributed by atoms with E-state index < -0.39 is 23.3 Å². The van der Waals surface area contributed by atoms with Gasteiger partial charge in [0.2, 0.25) is 0 Å². The van der Waals surface area contributed by atoms with E-state index in [1.807, 2.05) is 6.08 Å². The van der Waals surface area contributed by atoms with Gasteiger partial charge in [-0.2, -0.15) is 13.2 Å².